The largest absolute Gasteiger partial charge is 0.316 e. The highest BCUT2D eigenvalue weighted by Crippen LogP contribution is 2.28. The van der Waals surface area contributed by atoms with Gasteiger partial charge in [-0.2, -0.15) is 5.10 Å². The van der Waals surface area contributed by atoms with Gasteiger partial charge in [-0.25, -0.2) is 0 Å². The Hall–Kier alpha value is -1.61. The second-order valence-electron chi connectivity index (χ2n) is 5.50. The molecule has 1 aromatic heterocycles. The summed E-state index contributed by atoms with van der Waals surface area (Å²) >= 11 is 0. The molecule has 0 aliphatic heterocycles. The highest BCUT2D eigenvalue weighted by molar-refractivity contribution is 5.63. The van der Waals surface area contributed by atoms with Crippen molar-refractivity contribution < 1.29 is 0 Å². The van der Waals surface area contributed by atoms with Gasteiger partial charge in [0.2, 0.25) is 0 Å². The van der Waals surface area contributed by atoms with Crippen molar-refractivity contribution in [2.75, 3.05) is 7.05 Å². The van der Waals surface area contributed by atoms with Crippen molar-refractivity contribution >= 4 is 0 Å². The number of nitrogens with zero attached hydrogens (tertiary/aromatic N) is 2. The van der Waals surface area contributed by atoms with Gasteiger partial charge in [0, 0.05) is 17.7 Å². The lowest BCUT2D eigenvalue weighted by molar-refractivity contribution is 0.360. The van der Waals surface area contributed by atoms with Gasteiger partial charge >= 0.3 is 0 Å². The second-order valence-corrected chi connectivity index (χ2v) is 5.50. The lowest BCUT2D eigenvalue weighted by atomic mass is 10.0. The van der Waals surface area contributed by atoms with E-state index in [1.807, 2.05) is 19.3 Å². The average molecular weight is 243 g/mol. The molecule has 0 unspecified atom stereocenters. The maximum atomic E-state index is 4.56. The third-order valence-electron chi connectivity index (χ3n) is 2.89. The van der Waals surface area contributed by atoms with Crippen molar-refractivity contribution in [2.24, 2.45) is 0 Å². The molecule has 2 rings (SSSR count). The Bertz CT molecular complexity index is 506. The van der Waals surface area contributed by atoms with Crippen molar-refractivity contribution in [3.05, 3.63) is 42.1 Å². The van der Waals surface area contributed by atoms with Gasteiger partial charge in [-0.15, -0.1) is 0 Å². The predicted molar refractivity (Wildman–Crippen MR) is 75.4 cm³/mol. The molecule has 0 saturated carbocycles. The van der Waals surface area contributed by atoms with E-state index >= 15 is 0 Å². The molecule has 18 heavy (non-hydrogen) atoms. The lowest BCUT2D eigenvalue weighted by Gasteiger charge is -2.23. The summed E-state index contributed by atoms with van der Waals surface area (Å²) < 4.78 is 2.11. The lowest BCUT2D eigenvalue weighted by Crippen LogP contribution is -2.24. The number of rotatable bonds is 3. The minimum Gasteiger partial charge on any atom is -0.316 e. The summed E-state index contributed by atoms with van der Waals surface area (Å²) in [5.74, 6) is 0. The van der Waals surface area contributed by atoms with Gasteiger partial charge in [-0.05, 0) is 27.8 Å². The smallest absolute Gasteiger partial charge is 0.0733 e. The van der Waals surface area contributed by atoms with E-state index in [1.165, 1.54) is 16.8 Å². The molecule has 0 fully saturated rings. The van der Waals surface area contributed by atoms with Gasteiger partial charge in [0.05, 0.1) is 17.4 Å². The fraction of sp³-hybridized carbons (Fsp3) is 0.400. The van der Waals surface area contributed by atoms with Crippen LogP contribution in [0.2, 0.25) is 0 Å². The van der Waals surface area contributed by atoms with Gasteiger partial charge in [0.1, 0.15) is 0 Å². The van der Waals surface area contributed by atoms with E-state index in [-0.39, 0.29) is 5.54 Å². The van der Waals surface area contributed by atoms with Gasteiger partial charge < -0.3 is 5.32 Å². The van der Waals surface area contributed by atoms with Crippen molar-refractivity contribution in [3.63, 3.8) is 0 Å². The first-order valence-electron chi connectivity index (χ1n) is 6.31. The zero-order valence-corrected chi connectivity index (χ0v) is 11.6. The Labute approximate surface area is 109 Å². The quantitative estimate of drug-likeness (QED) is 0.898. The van der Waals surface area contributed by atoms with Gasteiger partial charge in [0.25, 0.3) is 0 Å². The molecule has 0 atom stereocenters. The number of hydrogen-bond acceptors (Lipinski definition) is 2. The summed E-state index contributed by atoms with van der Waals surface area (Å²) in [7, 11) is 1.96. The summed E-state index contributed by atoms with van der Waals surface area (Å²) in [5.41, 5.74) is 3.64. The van der Waals surface area contributed by atoms with Crippen LogP contribution < -0.4 is 5.32 Å². The van der Waals surface area contributed by atoms with Crippen LogP contribution in [0.1, 0.15) is 26.3 Å². The standard InChI is InChI=1S/C15H21N3/c1-15(2,3)18-14(12-8-6-5-7-9-12)13(10-16-4)11-17-18/h5-9,11,16H,10H2,1-4H3. The molecule has 1 aromatic carbocycles. The van der Waals surface area contributed by atoms with E-state index < -0.39 is 0 Å². The Kier molecular flexibility index (Phi) is 3.53. The van der Waals surface area contributed by atoms with E-state index in [9.17, 15) is 0 Å². The van der Waals surface area contributed by atoms with E-state index in [0.717, 1.165) is 6.54 Å². The molecular weight excluding hydrogens is 222 g/mol. The van der Waals surface area contributed by atoms with Crippen LogP contribution in [-0.4, -0.2) is 16.8 Å². The van der Waals surface area contributed by atoms with Gasteiger partial charge in [-0.1, -0.05) is 30.3 Å². The molecule has 0 amide bonds. The maximum absolute atomic E-state index is 4.56. The highest BCUT2D eigenvalue weighted by atomic mass is 15.3. The highest BCUT2D eigenvalue weighted by Gasteiger charge is 2.21. The molecule has 0 bridgehead atoms. The van der Waals surface area contributed by atoms with Crippen LogP contribution in [0.5, 0.6) is 0 Å². The van der Waals surface area contributed by atoms with E-state index in [1.54, 1.807) is 0 Å². The van der Waals surface area contributed by atoms with E-state index in [2.05, 4.69) is 60.1 Å². The van der Waals surface area contributed by atoms with Gasteiger partial charge in [-0.3, -0.25) is 4.68 Å². The summed E-state index contributed by atoms with van der Waals surface area (Å²) in [5, 5.41) is 7.76. The Morgan fingerprint density at radius 2 is 1.83 bits per heavy atom. The number of hydrogen-bond donors (Lipinski definition) is 1. The molecule has 1 heterocycles. The van der Waals surface area contributed by atoms with Crippen LogP contribution in [0, 0.1) is 0 Å². The molecule has 0 saturated heterocycles. The molecule has 1 N–H and O–H groups in total. The number of benzene rings is 1. The fourth-order valence-corrected chi connectivity index (χ4v) is 2.11. The van der Waals surface area contributed by atoms with Crippen molar-refractivity contribution in [3.8, 4) is 11.3 Å². The monoisotopic (exact) mass is 243 g/mol. The number of nitrogens with one attached hydrogen (secondary N) is 1. The molecule has 0 radical (unpaired) electrons. The minimum atomic E-state index is -0.0167. The Morgan fingerprint density at radius 1 is 1.17 bits per heavy atom. The molecule has 2 aromatic rings. The van der Waals surface area contributed by atoms with Crippen LogP contribution in [0.15, 0.2) is 36.5 Å². The zero-order chi connectivity index (χ0) is 13.2. The first kappa shape index (κ1) is 12.8. The summed E-state index contributed by atoms with van der Waals surface area (Å²) in [4.78, 5) is 0. The first-order chi connectivity index (χ1) is 8.54. The first-order valence-corrected chi connectivity index (χ1v) is 6.31. The fourth-order valence-electron chi connectivity index (χ4n) is 2.11. The number of aromatic nitrogens is 2. The predicted octanol–water partition coefficient (Wildman–Crippen LogP) is 3.02. The molecular formula is C15H21N3. The third kappa shape index (κ3) is 2.46. The minimum absolute atomic E-state index is 0.0167. The van der Waals surface area contributed by atoms with Crippen LogP contribution in [-0.2, 0) is 12.1 Å². The van der Waals surface area contributed by atoms with Crippen LogP contribution in [0.3, 0.4) is 0 Å². The topological polar surface area (TPSA) is 29.9 Å². The summed E-state index contributed by atoms with van der Waals surface area (Å²) in [6, 6.07) is 10.5. The summed E-state index contributed by atoms with van der Waals surface area (Å²) in [6.45, 7) is 7.36. The van der Waals surface area contributed by atoms with Crippen LogP contribution in [0.25, 0.3) is 11.3 Å². The summed E-state index contributed by atoms with van der Waals surface area (Å²) in [6.07, 6.45) is 1.96. The van der Waals surface area contributed by atoms with Crippen molar-refractivity contribution in [1.29, 1.82) is 0 Å². The van der Waals surface area contributed by atoms with E-state index in [4.69, 9.17) is 0 Å². The maximum Gasteiger partial charge on any atom is 0.0733 e. The second kappa shape index (κ2) is 4.94. The normalized spacial score (nSPS) is 11.8. The molecule has 0 aliphatic rings. The Balaban J connectivity index is 2.58. The van der Waals surface area contributed by atoms with E-state index in [0.29, 0.717) is 0 Å². The van der Waals surface area contributed by atoms with Crippen molar-refractivity contribution in [2.45, 2.75) is 32.9 Å². The molecule has 0 aliphatic carbocycles. The van der Waals surface area contributed by atoms with Crippen molar-refractivity contribution in [1.82, 2.24) is 15.1 Å². The molecule has 96 valence electrons. The molecule has 0 spiro atoms. The molecule has 3 heteroatoms. The third-order valence-corrected chi connectivity index (χ3v) is 2.89. The Morgan fingerprint density at radius 3 is 2.39 bits per heavy atom. The molecule has 3 nitrogen and oxygen atoms in total. The SMILES string of the molecule is CNCc1cnn(C(C)(C)C)c1-c1ccccc1. The van der Waals surface area contributed by atoms with Crippen LogP contribution in [0.4, 0.5) is 0 Å². The van der Waals surface area contributed by atoms with Crippen LogP contribution >= 0.6 is 0 Å². The van der Waals surface area contributed by atoms with Gasteiger partial charge in [0.15, 0.2) is 0 Å². The average Bonchev–Trinajstić information content (AvgIpc) is 2.74. The zero-order valence-electron chi connectivity index (χ0n) is 11.6.